The van der Waals surface area contributed by atoms with Gasteiger partial charge in [-0.25, -0.2) is 4.79 Å². The van der Waals surface area contributed by atoms with Gasteiger partial charge >= 0.3 is 5.97 Å². The van der Waals surface area contributed by atoms with Crippen LogP contribution in [0.1, 0.15) is 28.4 Å². The standard InChI is InChI=1S/C26H19BrCl2N2O5/c1-2-35-23-10-17(21(27)12-24(23)36-14-16-6-7-19(28)11-22(16)29)8-18(13-30)25(32)31-20-5-3-4-15(9-20)26(33)34/h3-12H,2,14H2,1H3,(H,31,32)(H,33,34)/b18-8-. The minimum absolute atomic E-state index is 0.00913. The molecule has 3 rings (SSSR count). The number of hydrogen-bond acceptors (Lipinski definition) is 5. The zero-order valence-corrected chi connectivity index (χ0v) is 21.9. The van der Waals surface area contributed by atoms with Crippen LogP contribution in [-0.4, -0.2) is 23.6 Å². The molecule has 0 spiro atoms. The Kier molecular flexibility index (Phi) is 9.37. The molecule has 0 saturated heterocycles. The first-order valence-electron chi connectivity index (χ1n) is 10.5. The van der Waals surface area contributed by atoms with Gasteiger partial charge in [0.1, 0.15) is 18.2 Å². The smallest absolute Gasteiger partial charge is 0.335 e. The lowest BCUT2D eigenvalue weighted by Gasteiger charge is -2.15. The first kappa shape index (κ1) is 27.1. The third kappa shape index (κ3) is 7.01. The number of carbonyl (C=O) groups is 2. The van der Waals surface area contributed by atoms with E-state index in [0.29, 0.717) is 38.2 Å². The van der Waals surface area contributed by atoms with Gasteiger partial charge in [0.25, 0.3) is 5.91 Å². The SMILES string of the molecule is CCOc1cc(/C=C(/C#N)C(=O)Nc2cccc(C(=O)O)c2)c(Br)cc1OCc1ccc(Cl)cc1Cl. The van der Waals surface area contributed by atoms with Crippen LogP contribution in [0.25, 0.3) is 6.08 Å². The molecule has 0 aromatic heterocycles. The van der Waals surface area contributed by atoms with E-state index in [-0.39, 0.29) is 23.4 Å². The molecule has 0 aliphatic carbocycles. The summed E-state index contributed by atoms with van der Waals surface area (Å²) in [7, 11) is 0. The number of nitrogens with zero attached hydrogens (tertiary/aromatic N) is 1. The van der Waals surface area contributed by atoms with Crippen molar-refractivity contribution >= 4 is 62.8 Å². The molecule has 1 amide bonds. The molecule has 10 heteroatoms. The normalized spacial score (nSPS) is 10.9. The lowest BCUT2D eigenvalue weighted by Crippen LogP contribution is -2.14. The largest absolute Gasteiger partial charge is 0.490 e. The summed E-state index contributed by atoms with van der Waals surface area (Å²) in [5.74, 6) is -0.984. The monoisotopic (exact) mass is 588 g/mol. The molecule has 36 heavy (non-hydrogen) atoms. The third-order valence-corrected chi connectivity index (χ3v) is 6.07. The van der Waals surface area contributed by atoms with Crippen LogP contribution in [0.4, 0.5) is 5.69 Å². The molecule has 0 unspecified atom stereocenters. The van der Waals surface area contributed by atoms with Crippen molar-refractivity contribution in [2.24, 2.45) is 0 Å². The highest BCUT2D eigenvalue weighted by Crippen LogP contribution is 2.36. The molecule has 7 nitrogen and oxygen atoms in total. The van der Waals surface area contributed by atoms with Crippen molar-refractivity contribution < 1.29 is 24.2 Å². The number of halogens is 3. The summed E-state index contributed by atoms with van der Waals surface area (Å²) < 4.78 is 12.2. The van der Waals surface area contributed by atoms with Crippen molar-refractivity contribution in [1.29, 1.82) is 5.26 Å². The molecule has 0 fully saturated rings. The fourth-order valence-electron chi connectivity index (χ4n) is 3.07. The third-order valence-electron chi connectivity index (χ3n) is 4.79. The highest BCUT2D eigenvalue weighted by Gasteiger charge is 2.15. The number of anilines is 1. The zero-order chi connectivity index (χ0) is 26.2. The van der Waals surface area contributed by atoms with Crippen LogP contribution in [0.3, 0.4) is 0 Å². The van der Waals surface area contributed by atoms with Gasteiger partial charge in [-0.1, -0.05) is 51.3 Å². The van der Waals surface area contributed by atoms with E-state index in [9.17, 15) is 14.9 Å². The maximum Gasteiger partial charge on any atom is 0.335 e. The Bertz CT molecular complexity index is 1390. The Labute approximate surface area is 226 Å². The summed E-state index contributed by atoms with van der Waals surface area (Å²) in [5.41, 5.74) is 1.30. The summed E-state index contributed by atoms with van der Waals surface area (Å²) >= 11 is 15.6. The molecular formula is C26H19BrCl2N2O5. The number of amides is 1. The molecule has 184 valence electrons. The summed E-state index contributed by atoms with van der Waals surface area (Å²) in [6, 6.07) is 16.0. The fourth-order valence-corrected chi connectivity index (χ4v) is 3.97. The predicted molar refractivity (Wildman–Crippen MR) is 142 cm³/mol. The number of aromatic carboxylic acids is 1. The van der Waals surface area contributed by atoms with E-state index in [4.69, 9.17) is 37.8 Å². The Hall–Kier alpha value is -3.51. The zero-order valence-electron chi connectivity index (χ0n) is 18.8. The van der Waals surface area contributed by atoms with Crippen molar-refractivity contribution in [2.45, 2.75) is 13.5 Å². The molecule has 0 radical (unpaired) electrons. The van der Waals surface area contributed by atoms with Crippen LogP contribution < -0.4 is 14.8 Å². The molecule has 0 bridgehead atoms. The number of ether oxygens (including phenoxy) is 2. The molecule has 3 aromatic carbocycles. The van der Waals surface area contributed by atoms with Crippen molar-refractivity contribution in [3.05, 3.63) is 91.4 Å². The molecule has 2 N–H and O–H groups in total. The van der Waals surface area contributed by atoms with Gasteiger partial charge < -0.3 is 19.9 Å². The van der Waals surface area contributed by atoms with E-state index >= 15 is 0 Å². The van der Waals surface area contributed by atoms with Gasteiger partial charge in [-0.2, -0.15) is 5.26 Å². The Morgan fingerprint density at radius 1 is 1.11 bits per heavy atom. The van der Waals surface area contributed by atoms with Crippen LogP contribution in [0.15, 0.2) is 64.6 Å². The van der Waals surface area contributed by atoms with E-state index in [1.807, 2.05) is 13.0 Å². The molecular weight excluding hydrogens is 571 g/mol. The molecule has 0 aliphatic rings. The van der Waals surface area contributed by atoms with E-state index in [1.54, 1.807) is 30.3 Å². The molecule has 0 heterocycles. The number of rotatable bonds is 9. The Balaban J connectivity index is 1.86. The minimum Gasteiger partial charge on any atom is -0.490 e. The van der Waals surface area contributed by atoms with Gasteiger partial charge in [-0.15, -0.1) is 0 Å². The number of nitrogens with one attached hydrogen (secondary N) is 1. The quantitative estimate of drug-likeness (QED) is 0.206. The lowest BCUT2D eigenvalue weighted by atomic mass is 10.1. The first-order chi connectivity index (χ1) is 17.2. The average molecular weight is 590 g/mol. The molecule has 0 saturated carbocycles. The second kappa shape index (κ2) is 12.5. The number of carboxylic acids is 1. The summed E-state index contributed by atoms with van der Waals surface area (Å²) in [6.45, 7) is 2.34. The number of carbonyl (C=O) groups excluding carboxylic acids is 1. The maximum absolute atomic E-state index is 12.7. The van der Waals surface area contributed by atoms with Crippen LogP contribution >= 0.6 is 39.1 Å². The maximum atomic E-state index is 12.7. The van der Waals surface area contributed by atoms with Gasteiger partial charge in [0, 0.05) is 25.8 Å². The van der Waals surface area contributed by atoms with E-state index in [2.05, 4.69) is 21.2 Å². The summed E-state index contributed by atoms with van der Waals surface area (Å²) in [5, 5.41) is 22.2. The van der Waals surface area contributed by atoms with E-state index in [1.165, 1.54) is 30.3 Å². The molecule has 0 aliphatic heterocycles. The van der Waals surface area contributed by atoms with Crippen molar-refractivity contribution in [2.75, 3.05) is 11.9 Å². The number of nitriles is 1. The Morgan fingerprint density at radius 3 is 2.53 bits per heavy atom. The second-order valence-electron chi connectivity index (χ2n) is 7.29. The van der Waals surface area contributed by atoms with E-state index in [0.717, 1.165) is 5.56 Å². The second-order valence-corrected chi connectivity index (χ2v) is 8.99. The highest BCUT2D eigenvalue weighted by molar-refractivity contribution is 9.10. The van der Waals surface area contributed by atoms with Gasteiger partial charge in [-0.3, -0.25) is 4.79 Å². The van der Waals surface area contributed by atoms with E-state index < -0.39 is 11.9 Å². The fraction of sp³-hybridized carbons (Fsp3) is 0.115. The van der Waals surface area contributed by atoms with Gasteiger partial charge in [0.2, 0.25) is 0 Å². The number of carboxylic acid groups (broad SMARTS) is 1. The van der Waals surface area contributed by atoms with Gasteiger partial charge in [0.05, 0.1) is 12.2 Å². The van der Waals surface area contributed by atoms with Crippen molar-refractivity contribution in [3.8, 4) is 17.6 Å². The van der Waals surface area contributed by atoms with Crippen LogP contribution in [-0.2, 0) is 11.4 Å². The highest BCUT2D eigenvalue weighted by atomic mass is 79.9. The van der Waals surface area contributed by atoms with Crippen LogP contribution in [0, 0.1) is 11.3 Å². The Morgan fingerprint density at radius 2 is 1.86 bits per heavy atom. The van der Waals surface area contributed by atoms with Crippen molar-refractivity contribution in [3.63, 3.8) is 0 Å². The first-order valence-corrected chi connectivity index (χ1v) is 12.1. The molecule has 3 aromatic rings. The number of benzene rings is 3. The van der Waals surface area contributed by atoms with Crippen LogP contribution in [0.2, 0.25) is 10.0 Å². The average Bonchev–Trinajstić information content (AvgIpc) is 2.84. The predicted octanol–water partition coefficient (Wildman–Crippen LogP) is 6.98. The summed E-state index contributed by atoms with van der Waals surface area (Å²) in [6.07, 6.45) is 1.39. The lowest BCUT2D eigenvalue weighted by molar-refractivity contribution is -0.112. The van der Waals surface area contributed by atoms with Gasteiger partial charge in [0.15, 0.2) is 11.5 Å². The summed E-state index contributed by atoms with van der Waals surface area (Å²) in [4.78, 5) is 23.9. The van der Waals surface area contributed by atoms with Gasteiger partial charge in [-0.05, 0) is 61.0 Å². The molecule has 0 atom stereocenters. The minimum atomic E-state index is -1.13. The number of hydrogen-bond donors (Lipinski definition) is 2. The van der Waals surface area contributed by atoms with Crippen LogP contribution in [0.5, 0.6) is 11.5 Å². The van der Waals surface area contributed by atoms with Crippen molar-refractivity contribution in [1.82, 2.24) is 0 Å². The topological polar surface area (TPSA) is 109 Å².